The van der Waals surface area contributed by atoms with Gasteiger partial charge in [-0.2, -0.15) is 0 Å². The van der Waals surface area contributed by atoms with Crippen molar-refractivity contribution >= 4 is 12.0 Å². The summed E-state index contributed by atoms with van der Waals surface area (Å²) in [6.07, 6.45) is 4.74. The Bertz CT molecular complexity index is 400. The minimum atomic E-state index is -0.802. The first-order valence-corrected chi connectivity index (χ1v) is 7.21. The second-order valence-corrected chi connectivity index (χ2v) is 6.57. The minimum absolute atomic E-state index is 0.0934. The molecule has 20 heavy (non-hydrogen) atoms. The molecule has 2 amide bonds. The van der Waals surface area contributed by atoms with Gasteiger partial charge in [0.2, 0.25) is 0 Å². The number of aliphatic carboxylic acids is 1. The molecular formula is C14H25N3O3. The Labute approximate surface area is 120 Å². The molecule has 0 unspecified atom stereocenters. The van der Waals surface area contributed by atoms with Crippen molar-refractivity contribution in [1.82, 2.24) is 15.1 Å². The van der Waals surface area contributed by atoms with Gasteiger partial charge in [-0.1, -0.05) is 0 Å². The summed E-state index contributed by atoms with van der Waals surface area (Å²) in [6.45, 7) is 0.923. The molecule has 0 aliphatic heterocycles. The Kier molecular flexibility index (Phi) is 3.95. The fraction of sp³-hybridized carbons (Fsp3) is 0.857. The molecule has 0 spiro atoms. The highest BCUT2D eigenvalue weighted by Crippen LogP contribution is 2.45. The van der Waals surface area contributed by atoms with Crippen LogP contribution >= 0.6 is 0 Å². The first-order valence-electron chi connectivity index (χ1n) is 7.21. The molecule has 2 aliphatic carbocycles. The van der Waals surface area contributed by atoms with Gasteiger partial charge in [-0.3, -0.25) is 4.79 Å². The van der Waals surface area contributed by atoms with Crippen LogP contribution in [-0.2, 0) is 4.79 Å². The maximum absolute atomic E-state index is 12.1. The monoisotopic (exact) mass is 283 g/mol. The van der Waals surface area contributed by atoms with E-state index in [1.165, 1.54) is 6.42 Å². The normalized spacial score (nSPS) is 22.0. The van der Waals surface area contributed by atoms with Crippen molar-refractivity contribution in [3.63, 3.8) is 0 Å². The maximum atomic E-state index is 12.1. The van der Waals surface area contributed by atoms with Crippen LogP contribution < -0.4 is 5.32 Å². The predicted octanol–water partition coefficient (Wildman–Crippen LogP) is 0.977. The second-order valence-electron chi connectivity index (χ2n) is 6.57. The van der Waals surface area contributed by atoms with Crippen molar-refractivity contribution in [1.29, 1.82) is 0 Å². The lowest BCUT2D eigenvalue weighted by Crippen LogP contribution is -2.58. The zero-order chi connectivity index (χ0) is 15.0. The van der Waals surface area contributed by atoms with Crippen molar-refractivity contribution in [2.45, 2.75) is 37.6 Å². The van der Waals surface area contributed by atoms with Gasteiger partial charge in [-0.25, -0.2) is 4.79 Å². The Morgan fingerprint density at radius 1 is 1.15 bits per heavy atom. The third-order valence-electron chi connectivity index (χ3n) is 5.00. The lowest BCUT2D eigenvalue weighted by atomic mass is 9.75. The van der Waals surface area contributed by atoms with Crippen molar-refractivity contribution in [3.8, 4) is 0 Å². The molecule has 0 aromatic rings. The van der Waals surface area contributed by atoms with E-state index in [2.05, 4.69) is 24.3 Å². The lowest BCUT2D eigenvalue weighted by molar-refractivity contribution is -0.143. The zero-order valence-electron chi connectivity index (χ0n) is 12.6. The summed E-state index contributed by atoms with van der Waals surface area (Å²) in [7, 11) is 5.88. The molecule has 6 nitrogen and oxygen atoms in total. The van der Waals surface area contributed by atoms with E-state index in [9.17, 15) is 9.59 Å². The van der Waals surface area contributed by atoms with Crippen LogP contribution in [0.2, 0.25) is 0 Å². The van der Waals surface area contributed by atoms with Crippen LogP contribution in [0.15, 0.2) is 0 Å². The first kappa shape index (κ1) is 15.1. The number of hydrogen-bond acceptors (Lipinski definition) is 3. The van der Waals surface area contributed by atoms with E-state index in [1.54, 1.807) is 11.9 Å². The molecular weight excluding hydrogens is 258 g/mol. The molecule has 0 heterocycles. The molecule has 2 N–H and O–H groups in total. The van der Waals surface area contributed by atoms with Crippen LogP contribution in [0.25, 0.3) is 0 Å². The van der Waals surface area contributed by atoms with Crippen LogP contribution in [0.4, 0.5) is 4.79 Å². The lowest BCUT2D eigenvalue weighted by Gasteiger charge is -2.49. The number of carbonyl (C=O) groups excluding carboxylic acids is 1. The number of rotatable bonds is 6. The number of carboxylic acids is 1. The molecule has 2 rings (SSSR count). The fourth-order valence-electron chi connectivity index (χ4n) is 2.84. The van der Waals surface area contributed by atoms with Gasteiger partial charge in [0.15, 0.2) is 0 Å². The van der Waals surface area contributed by atoms with Crippen molar-refractivity contribution in [2.75, 3.05) is 34.2 Å². The van der Waals surface area contributed by atoms with Crippen LogP contribution in [0.5, 0.6) is 0 Å². The van der Waals surface area contributed by atoms with E-state index in [4.69, 9.17) is 5.11 Å². The van der Waals surface area contributed by atoms with E-state index >= 15 is 0 Å². The van der Waals surface area contributed by atoms with Gasteiger partial charge < -0.3 is 20.2 Å². The first-order chi connectivity index (χ1) is 9.31. The van der Waals surface area contributed by atoms with Gasteiger partial charge in [-0.15, -0.1) is 0 Å². The molecule has 0 atom stereocenters. The fourth-order valence-corrected chi connectivity index (χ4v) is 2.84. The number of nitrogens with one attached hydrogen (secondary N) is 1. The van der Waals surface area contributed by atoms with Gasteiger partial charge in [0.05, 0.1) is 5.41 Å². The summed E-state index contributed by atoms with van der Waals surface area (Å²) in [5.74, 6) is -0.802. The third-order valence-corrected chi connectivity index (χ3v) is 5.00. The Balaban J connectivity index is 1.82. The molecule has 2 fully saturated rings. The molecule has 0 saturated heterocycles. The summed E-state index contributed by atoms with van der Waals surface area (Å²) < 4.78 is 0. The molecule has 0 aromatic carbocycles. The quantitative estimate of drug-likeness (QED) is 0.762. The van der Waals surface area contributed by atoms with Crippen molar-refractivity contribution in [3.05, 3.63) is 0 Å². The number of carboxylic acid groups (broad SMARTS) is 1. The highest BCUT2D eigenvalue weighted by Gasteiger charge is 2.50. The highest BCUT2D eigenvalue weighted by atomic mass is 16.4. The summed E-state index contributed by atoms with van der Waals surface area (Å²) in [4.78, 5) is 27.0. The topological polar surface area (TPSA) is 72.9 Å². The van der Waals surface area contributed by atoms with E-state index in [1.807, 2.05) is 0 Å². The molecule has 2 saturated carbocycles. The number of likely N-dealkylation sites (N-methyl/N-ethyl adjacent to an activating group) is 2. The summed E-state index contributed by atoms with van der Waals surface area (Å²) >= 11 is 0. The number of hydrogen-bond donors (Lipinski definition) is 2. The number of urea groups is 1. The average molecular weight is 283 g/mol. The molecule has 6 heteroatoms. The second kappa shape index (κ2) is 5.24. The maximum Gasteiger partial charge on any atom is 0.317 e. The third kappa shape index (κ3) is 2.75. The van der Waals surface area contributed by atoms with Gasteiger partial charge in [0, 0.05) is 25.7 Å². The standard InChI is InChI=1S/C14H25N3O3/c1-16(2)14(5-4-6-14)10-17(3)12(20)15-9-13(7-8-13)11(18)19/h4-10H2,1-3H3,(H,15,20)(H,18,19). The smallest absolute Gasteiger partial charge is 0.317 e. The van der Waals surface area contributed by atoms with Crippen LogP contribution in [0.3, 0.4) is 0 Å². The van der Waals surface area contributed by atoms with Crippen LogP contribution in [-0.4, -0.2) is 66.7 Å². The summed E-state index contributed by atoms with van der Waals surface area (Å²) in [5, 5.41) is 11.9. The van der Waals surface area contributed by atoms with Crippen LogP contribution in [0.1, 0.15) is 32.1 Å². The van der Waals surface area contributed by atoms with Crippen molar-refractivity contribution in [2.24, 2.45) is 5.41 Å². The highest BCUT2D eigenvalue weighted by molar-refractivity contribution is 5.80. The molecule has 0 aromatic heterocycles. The van der Waals surface area contributed by atoms with Gasteiger partial charge in [-0.05, 0) is 46.2 Å². The number of nitrogens with zero attached hydrogens (tertiary/aromatic N) is 2. The Hall–Kier alpha value is -1.30. The molecule has 2 aliphatic rings. The van der Waals surface area contributed by atoms with E-state index in [0.29, 0.717) is 19.4 Å². The van der Waals surface area contributed by atoms with Crippen LogP contribution in [0, 0.1) is 5.41 Å². The average Bonchev–Trinajstić information content (AvgIpc) is 3.11. The van der Waals surface area contributed by atoms with Crippen molar-refractivity contribution < 1.29 is 14.7 Å². The van der Waals surface area contributed by atoms with E-state index in [0.717, 1.165) is 12.8 Å². The number of amides is 2. The summed E-state index contributed by atoms with van der Waals surface area (Å²) in [6, 6.07) is -0.175. The van der Waals surface area contributed by atoms with Gasteiger partial charge in [0.25, 0.3) is 0 Å². The molecule has 0 radical (unpaired) electrons. The largest absolute Gasteiger partial charge is 0.481 e. The summed E-state index contributed by atoms with van der Waals surface area (Å²) in [5.41, 5.74) is -0.609. The van der Waals surface area contributed by atoms with Gasteiger partial charge in [0.1, 0.15) is 0 Å². The molecule has 0 bridgehead atoms. The van der Waals surface area contributed by atoms with Gasteiger partial charge >= 0.3 is 12.0 Å². The van der Waals surface area contributed by atoms with E-state index < -0.39 is 11.4 Å². The zero-order valence-corrected chi connectivity index (χ0v) is 12.6. The Morgan fingerprint density at radius 2 is 1.75 bits per heavy atom. The molecule has 114 valence electrons. The number of carbonyl (C=O) groups is 2. The predicted molar refractivity (Wildman–Crippen MR) is 75.6 cm³/mol. The Morgan fingerprint density at radius 3 is 2.10 bits per heavy atom. The van der Waals surface area contributed by atoms with E-state index in [-0.39, 0.29) is 18.1 Å². The SMILES string of the molecule is CN(CC1(N(C)C)CCC1)C(=O)NCC1(C(=O)O)CC1. The minimum Gasteiger partial charge on any atom is -0.481 e.